The third-order valence-electron chi connectivity index (χ3n) is 18.0. The number of hydrogen-bond donors (Lipinski definition) is 0. The van der Waals surface area contributed by atoms with E-state index in [1.54, 1.807) is 0 Å². The maximum atomic E-state index is 12.7. The van der Waals surface area contributed by atoms with Crippen LogP contribution in [0.3, 0.4) is 0 Å². The lowest BCUT2D eigenvalue weighted by molar-refractivity contribution is 0.671. The van der Waals surface area contributed by atoms with Gasteiger partial charge in [-0.25, -0.2) is 4.85 Å². The van der Waals surface area contributed by atoms with Crippen LogP contribution in [0.15, 0.2) is 283 Å². The average molecular weight is 1110 g/mol. The van der Waals surface area contributed by atoms with Crippen molar-refractivity contribution in [2.24, 2.45) is 0 Å². The quantitative estimate of drug-likeness (QED) is 0.149. The number of rotatable bonds is 7. The highest BCUT2D eigenvalue weighted by Crippen LogP contribution is 2.53. The summed E-state index contributed by atoms with van der Waals surface area (Å²) in [5, 5.41) is 22.8. The molecule has 0 aliphatic heterocycles. The Morgan fingerprint density at radius 2 is 0.655 bits per heavy atom. The topological polar surface area (TPSA) is 61.0 Å². The highest BCUT2D eigenvalue weighted by molar-refractivity contribution is 6.23. The zero-order chi connectivity index (χ0) is 57.4. The fourth-order valence-electron chi connectivity index (χ4n) is 14.3. The summed E-state index contributed by atoms with van der Waals surface area (Å²) < 4.78 is 16.4. The van der Waals surface area contributed by atoms with Crippen LogP contribution in [-0.4, -0.2) is 18.3 Å². The van der Waals surface area contributed by atoms with Crippen molar-refractivity contribution >= 4 is 115 Å². The molecule has 7 heteroatoms. The first-order chi connectivity index (χ1) is 43.1. The van der Waals surface area contributed by atoms with Crippen LogP contribution >= 0.6 is 0 Å². The summed E-state index contributed by atoms with van der Waals surface area (Å²) in [5.74, 6) is 0. The second-order valence-electron chi connectivity index (χ2n) is 22.5. The minimum absolute atomic E-state index is 0.211. The molecule has 0 N–H and O–H groups in total. The van der Waals surface area contributed by atoms with Gasteiger partial charge >= 0.3 is 0 Å². The summed E-state index contributed by atoms with van der Waals surface area (Å²) in [6, 6.07) is 101. The lowest BCUT2D eigenvalue weighted by Crippen LogP contribution is -2.15. The van der Waals surface area contributed by atoms with Crippen LogP contribution in [-0.2, 0) is 0 Å². The second-order valence-corrected chi connectivity index (χ2v) is 22.5. The minimum Gasteiger partial charge on any atom is -0.454 e. The molecule has 0 saturated heterocycles. The van der Waals surface area contributed by atoms with Crippen LogP contribution in [0.2, 0.25) is 0 Å². The van der Waals surface area contributed by atoms with E-state index >= 15 is 0 Å². The van der Waals surface area contributed by atoms with E-state index < -0.39 is 0 Å². The lowest BCUT2D eigenvalue weighted by atomic mass is 10.0. The van der Waals surface area contributed by atoms with Gasteiger partial charge in [0.05, 0.1) is 85.1 Å². The van der Waals surface area contributed by atoms with Crippen molar-refractivity contribution in [3.05, 3.63) is 296 Å². The van der Waals surface area contributed by atoms with Crippen LogP contribution in [0, 0.1) is 17.9 Å². The molecule has 0 radical (unpaired) electrons. The van der Waals surface area contributed by atoms with Crippen molar-refractivity contribution in [1.82, 2.24) is 18.3 Å². The number of nitriles is 1. The molecule has 5 heterocycles. The zero-order valence-electron chi connectivity index (χ0n) is 46.6. The van der Waals surface area contributed by atoms with Crippen molar-refractivity contribution in [2.45, 2.75) is 0 Å². The summed E-state index contributed by atoms with van der Waals surface area (Å²) in [7, 11) is 0. The Hall–Kier alpha value is -12.2. The number of nitrogens with zero attached hydrogens (tertiary/aromatic N) is 6. The van der Waals surface area contributed by atoms with E-state index in [1.807, 2.05) is 24.3 Å². The fraction of sp³-hybridized carbons (Fsp3) is 0. The van der Waals surface area contributed by atoms with Crippen molar-refractivity contribution in [3.8, 4) is 62.2 Å². The van der Waals surface area contributed by atoms with Crippen molar-refractivity contribution in [3.63, 3.8) is 0 Å². The van der Waals surface area contributed by atoms with Crippen LogP contribution < -0.4 is 0 Å². The Bertz CT molecular complexity index is 6020. The Morgan fingerprint density at radius 3 is 1.10 bits per heavy atom. The first kappa shape index (κ1) is 48.4. The highest BCUT2D eigenvalue weighted by Gasteiger charge is 2.35. The van der Waals surface area contributed by atoms with Crippen LogP contribution in [0.4, 0.5) is 5.69 Å². The maximum Gasteiger partial charge on any atom is 0.232 e. The van der Waals surface area contributed by atoms with E-state index in [0.717, 1.165) is 143 Å². The summed E-state index contributed by atoms with van der Waals surface area (Å²) in [6.45, 7) is 9.85. The van der Waals surface area contributed by atoms with Gasteiger partial charge in [-0.2, -0.15) is 5.26 Å². The normalized spacial score (nSPS) is 11.9. The molecule has 0 saturated carbocycles. The van der Waals surface area contributed by atoms with Gasteiger partial charge in [0.25, 0.3) is 0 Å². The lowest BCUT2D eigenvalue weighted by Gasteiger charge is -2.28. The number of furan rings is 1. The molecule has 5 aromatic heterocycles. The predicted molar refractivity (Wildman–Crippen MR) is 358 cm³/mol. The van der Waals surface area contributed by atoms with E-state index in [0.29, 0.717) is 22.6 Å². The van der Waals surface area contributed by atoms with E-state index in [2.05, 4.69) is 279 Å². The van der Waals surface area contributed by atoms with Gasteiger partial charge in [0.2, 0.25) is 5.69 Å². The molecule has 18 aromatic rings. The van der Waals surface area contributed by atoms with E-state index in [1.165, 1.54) is 0 Å². The Kier molecular flexibility index (Phi) is 10.4. The van der Waals surface area contributed by atoms with E-state index in [4.69, 9.17) is 9.26 Å². The molecule has 0 fully saturated rings. The Labute approximate surface area is 498 Å². The molecule has 0 spiro atoms. The van der Waals surface area contributed by atoms with Crippen LogP contribution in [0.25, 0.3) is 170 Å². The molecule has 7 nitrogen and oxygen atoms in total. The molecule has 18 rings (SSSR count). The van der Waals surface area contributed by atoms with Crippen molar-refractivity contribution in [2.75, 3.05) is 0 Å². The number of para-hydroxylation sites is 5. The van der Waals surface area contributed by atoms with Gasteiger partial charge in [0.15, 0.2) is 5.58 Å². The monoisotopic (exact) mass is 1110 g/mol. The first-order valence-electron chi connectivity index (χ1n) is 29.3. The maximum absolute atomic E-state index is 12.7. The molecule has 402 valence electrons. The van der Waals surface area contributed by atoms with Crippen LogP contribution in [0.1, 0.15) is 5.56 Å². The first-order valence-corrected chi connectivity index (χ1v) is 29.3. The average Bonchev–Trinajstić information content (AvgIpc) is 1.60. The highest BCUT2D eigenvalue weighted by atomic mass is 16.3. The van der Waals surface area contributed by atoms with Gasteiger partial charge in [-0.3, -0.25) is 0 Å². The van der Waals surface area contributed by atoms with Gasteiger partial charge in [-0.15, -0.1) is 0 Å². The zero-order valence-corrected chi connectivity index (χ0v) is 46.6. The summed E-state index contributed by atoms with van der Waals surface area (Å²) >= 11 is 0. The van der Waals surface area contributed by atoms with E-state index in [9.17, 15) is 11.8 Å². The molecule has 0 amide bonds. The van der Waals surface area contributed by atoms with Gasteiger partial charge in [0.1, 0.15) is 5.58 Å². The molecule has 0 unspecified atom stereocenters. The largest absolute Gasteiger partial charge is 0.454 e. The second kappa shape index (κ2) is 18.7. The Morgan fingerprint density at radius 1 is 0.299 bits per heavy atom. The molecular formula is C80H46N6O. The number of hydrogen-bond acceptors (Lipinski definition) is 2. The molecule has 0 bridgehead atoms. The van der Waals surface area contributed by atoms with Crippen molar-refractivity contribution in [1.29, 1.82) is 5.26 Å². The third-order valence-corrected chi connectivity index (χ3v) is 18.0. The molecular weight excluding hydrogens is 1060 g/mol. The third kappa shape index (κ3) is 6.91. The minimum atomic E-state index is 0.211. The molecule has 0 aliphatic carbocycles. The number of aromatic nitrogens is 4. The van der Waals surface area contributed by atoms with Crippen LogP contribution in [0.5, 0.6) is 0 Å². The number of benzene rings is 13. The van der Waals surface area contributed by atoms with Gasteiger partial charge in [0, 0.05) is 53.9 Å². The van der Waals surface area contributed by atoms with Gasteiger partial charge in [-0.05, 0) is 106 Å². The predicted octanol–water partition coefficient (Wildman–Crippen LogP) is 21.4. The number of fused-ring (bicyclic) bond motifs is 16. The summed E-state index contributed by atoms with van der Waals surface area (Å²) in [5.41, 5.74) is 18.2. The van der Waals surface area contributed by atoms with Gasteiger partial charge in [-0.1, -0.05) is 206 Å². The van der Waals surface area contributed by atoms with Gasteiger partial charge < -0.3 is 22.7 Å². The molecule has 0 atom stereocenters. The summed E-state index contributed by atoms with van der Waals surface area (Å²) in [6.07, 6.45) is 0. The van der Waals surface area contributed by atoms with Crippen molar-refractivity contribution < 1.29 is 4.42 Å². The smallest absolute Gasteiger partial charge is 0.232 e. The van der Waals surface area contributed by atoms with E-state index in [-0.39, 0.29) is 11.3 Å². The molecule has 87 heavy (non-hydrogen) atoms. The molecule has 13 aromatic carbocycles. The Balaban J connectivity index is 1.13. The fourth-order valence-corrected chi connectivity index (χ4v) is 14.3. The molecule has 0 aliphatic rings. The SMILES string of the molecule is [C-]#[N+]c1c(C#N)c(-n2c3ccccc3c3ccc4c5ccccc5oc4c32)c(-n2c3ccccc3c3cc(-c4ccccc4)ccc32)c(-n2c3ccccc3c3cc(-c4ccccc4)ccc32)c1-n1c2ccccc2c2cc(-c3ccccc3)ccc21. The standard InChI is InChI=1S/C80H46N6O/c1-82-74-65(48-81)75(86-69-35-19-11-27-55(69)60-40-41-61-59-31-15-20-36-73(59)87-80(61)76(60)86)78(84-67-33-17-13-29-57(67)63-46-53(38-43-71(63)84)50-23-7-3-8-24-50)79(85-68-34-18-14-30-58(68)64-47-54(39-44-72(64)85)51-25-9-4-10-26-51)77(74)83-66-32-16-12-28-56(66)62-45-52(37-42-70(62)83)49-21-5-2-6-22-49/h2-47H. The summed E-state index contributed by atoms with van der Waals surface area (Å²) in [4.78, 5) is 4.73.